The predicted molar refractivity (Wildman–Crippen MR) is 121 cm³/mol. The minimum atomic E-state index is -0.320. The lowest BCUT2D eigenvalue weighted by molar-refractivity contribution is 0.103. The van der Waals surface area contributed by atoms with E-state index in [0.29, 0.717) is 35.6 Å². The quantitative estimate of drug-likeness (QED) is 0.413. The lowest BCUT2D eigenvalue weighted by Gasteiger charge is -2.14. The average molecular weight is 413 g/mol. The van der Waals surface area contributed by atoms with Gasteiger partial charge in [-0.25, -0.2) is 0 Å². The molecule has 5 heteroatoms. The van der Waals surface area contributed by atoms with Crippen LogP contribution < -0.4 is 14.9 Å². The van der Waals surface area contributed by atoms with Crippen molar-refractivity contribution in [3.63, 3.8) is 0 Å². The van der Waals surface area contributed by atoms with Crippen molar-refractivity contribution in [2.45, 2.75) is 13.5 Å². The van der Waals surface area contributed by atoms with Gasteiger partial charge in [0.1, 0.15) is 11.5 Å². The van der Waals surface area contributed by atoms with Crippen LogP contribution in [0.1, 0.15) is 28.4 Å². The Hall–Kier alpha value is -3.86. The molecule has 1 heterocycles. The molecule has 0 bridgehead atoms. The van der Waals surface area contributed by atoms with Gasteiger partial charge in [-0.1, -0.05) is 30.3 Å². The van der Waals surface area contributed by atoms with Crippen LogP contribution in [-0.2, 0) is 6.54 Å². The number of fused-ring (bicyclic) bond motifs is 1. The lowest BCUT2D eigenvalue weighted by atomic mass is 10.0. The summed E-state index contributed by atoms with van der Waals surface area (Å²) < 4.78 is 12.7. The van der Waals surface area contributed by atoms with E-state index in [1.54, 1.807) is 43.6 Å². The second-order valence-corrected chi connectivity index (χ2v) is 7.15. The number of benzene rings is 3. The van der Waals surface area contributed by atoms with E-state index in [9.17, 15) is 9.59 Å². The van der Waals surface area contributed by atoms with Gasteiger partial charge in [0.2, 0.25) is 5.43 Å². The van der Waals surface area contributed by atoms with Crippen LogP contribution in [0.2, 0.25) is 0 Å². The molecule has 0 saturated heterocycles. The molecule has 0 aliphatic carbocycles. The van der Waals surface area contributed by atoms with Gasteiger partial charge in [0.25, 0.3) is 0 Å². The van der Waals surface area contributed by atoms with E-state index in [1.165, 1.54) is 0 Å². The van der Waals surface area contributed by atoms with Crippen LogP contribution in [0.4, 0.5) is 0 Å². The molecule has 3 aromatic carbocycles. The van der Waals surface area contributed by atoms with Crippen LogP contribution in [0, 0.1) is 0 Å². The number of aromatic nitrogens is 1. The molecule has 0 aliphatic heterocycles. The normalized spacial score (nSPS) is 10.8. The summed E-state index contributed by atoms with van der Waals surface area (Å²) in [5, 5.41) is 0.451. The summed E-state index contributed by atoms with van der Waals surface area (Å²) in [5.41, 5.74) is 2.08. The molecule has 0 unspecified atom stereocenters. The number of hydrogen-bond donors (Lipinski definition) is 0. The zero-order chi connectivity index (χ0) is 21.8. The first-order valence-corrected chi connectivity index (χ1v) is 10.1. The Morgan fingerprint density at radius 1 is 0.935 bits per heavy atom. The van der Waals surface area contributed by atoms with Crippen LogP contribution in [0.25, 0.3) is 10.9 Å². The Morgan fingerprint density at radius 3 is 2.32 bits per heavy atom. The van der Waals surface area contributed by atoms with E-state index in [0.717, 1.165) is 11.1 Å². The first-order valence-electron chi connectivity index (χ1n) is 10.1. The minimum absolute atomic E-state index is 0.126. The standard InChI is InChI=1S/C26H23NO4/c1-3-31-20-11-9-19(10-12-20)25(28)23-17-27(16-18-7-5-4-6-8-18)24-14-13-21(30-2)15-22(24)26(23)29/h4-15,17H,3,16H2,1-2H3. The molecule has 0 saturated carbocycles. The average Bonchev–Trinajstić information content (AvgIpc) is 2.81. The van der Waals surface area contributed by atoms with E-state index in [4.69, 9.17) is 9.47 Å². The zero-order valence-electron chi connectivity index (χ0n) is 17.5. The Kier molecular flexibility index (Phi) is 5.85. The summed E-state index contributed by atoms with van der Waals surface area (Å²) in [5.74, 6) is 0.935. The summed E-state index contributed by atoms with van der Waals surface area (Å²) in [6.45, 7) is 2.98. The fourth-order valence-corrected chi connectivity index (χ4v) is 3.60. The summed E-state index contributed by atoms with van der Waals surface area (Å²) in [6.07, 6.45) is 1.66. The molecule has 0 radical (unpaired) electrons. The number of ketones is 1. The fraction of sp³-hybridized carbons (Fsp3) is 0.154. The van der Waals surface area contributed by atoms with Crippen LogP contribution in [0.15, 0.2) is 83.8 Å². The van der Waals surface area contributed by atoms with Gasteiger partial charge in [0.15, 0.2) is 5.78 Å². The first-order chi connectivity index (χ1) is 15.1. The highest BCUT2D eigenvalue weighted by molar-refractivity contribution is 6.10. The number of ether oxygens (including phenoxy) is 2. The second-order valence-electron chi connectivity index (χ2n) is 7.15. The number of pyridine rings is 1. The molecule has 4 aromatic rings. The van der Waals surface area contributed by atoms with Crippen LogP contribution in [0.3, 0.4) is 0 Å². The molecule has 0 aliphatic rings. The largest absolute Gasteiger partial charge is 0.497 e. The van der Waals surface area contributed by atoms with Gasteiger partial charge in [-0.2, -0.15) is 0 Å². The lowest BCUT2D eigenvalue weighted by Crippen LogP contribution is -2.20. The van der Waals surface area contributed by atoms with E-state index >= 15 is 0 Å². The predicted octanol–water partition coefficient (Wildman–Crippen LogP) is 4.69. The Morgan fingerprint density at radius 2 is 1.65 bits per heavy atom. The molecule has 0 N–H and O–H groups in total. The molecule has 0 atom stereocenters. The third-order valence-electron chi connectivity index (χ3n) is 5.16. The molecule has 0 amide bonds. The molecule has 31 heavy (non-hydrogen) atoms. The van der Waals surface area contributed by atoms with Crippen LogP contribution in [-0.4, -0.2) is 24.1 Å². The summed E-state index contributed by atoms with van der Waals surface area (Å²) in [7, 11) is 1.55. The van der Waals surface area contributed by atoms with Gasteiger partial charge in [0.05, 0.1) is 30.2 Å². The molecule has 156 valence electrons. The number of carbonyl (C=O) groups excluding carboxylic acids is 1. The van der Waals surface area contributed by atoms with Gasteiger partial charge >= 0.3 is 0 Å². The van der Waals surface area contributed by atoms with E-state index in [-0.39, 0.29) is 16.8 Å². The van der Waals surface area contributed by atoms with Crippen LogP contribution >= 0.6 is 0 Å². The van der Waals surface area contributed by atoms with Gasteiger partial charge in [-0.05, 0) is 55.0 Å². The third kappa shape index (κ3) is 4.21. The van der Waals surface area contributed by atoms with Gasteiger partial charge in [0, 0.05) is 18.3 Å². The topological polar surface area (TPSA) is 57.5 Å². The smallest absolute Gasteiger partial charge is 0.200 e. The second kappa shape index (κ2) is 8.88. The zero-order valence-corrected chi connectivity index (χ0v) is 17.5. The molecule has 0 spiro atoms. The maximum atomic E-state index is 13.3. The van der Waals surface area contributed by atoms with Crippen molar-refractivity contribution < 1.29 is 14.3 Å². The third-order valence-corrected chi connectivity index (χ3v) is 5.16. The number of methoxy groups -OCH3 is 1. The fourth-order valence-electron chi connectivity index (χ4n) is 3.60. The SMILES string of the molecule is CCOc1ccc(C(=O)c2cn(Cc3ccccc3)c3ccc(OC)cc3c2=O)cc1. The van der Waals surface area contributed by atoms with Crippen LogP contribution in [0.5, 0.6) is 11.5 Å². The Balaban J connectivity index is 1.84. The molecule has 1 aromatic heterocycles. The van der Waals surface area contributed by atoms with E-state index in [2.05, 4.69) is 0 Å². The van der Waals surface area contributed by atoms with Gasteiger partial charge in [-0.15, -0.1) is 0 Å². The van der Waals surface area contributed by atoms with Crippen molar-refractivity contribution >= 4 is 16.7 Å². The van der Waals surface area contributed by atoms with Crippen molar-refractivity contribution in [2.24, 2.45) is 0 Å². The number of rotatable bonds is 7. The van der Waals surface area contributed by atoms with Crippen molar-refractivity contribution in [2.75, 3.05) is 13.7 Å². The van der Waals surface area contributed by atoms with Gasteiger partial charge < -0.3 is 14.0 Å². The summed E-state index contributed by atoms with van der Waals surface area (Å²) in [6, 6.07) is 22.1. The monoisotopic (exact) mass is 413 g/mol. The minimum Gasteiger partial charge on any atom is -0.497 e. The highest BCUT2D eigenvalue weighted by atomic mass is 16.5. The molecular weight excluding hydrogens is 390 g/mol. The molecule has 5 nitrogen and oxygen atoms in total. The maximum Gasteiger partial charge on any atom is 0.200 e. The van der Waals surface area contributed by atoms with E-state index in [1.807, 2.05) is 54.0 Å². The van der Waals surface area contributed by atoms with Crippen molar-refractivity contribution in [3.8, 4) is 11.5 Å². The maximum absolute atomic E-state index is 13.3. The number of nitrogens with zero attached hydrogens (tertiary/aromatic N) is 1. The first kappa shape index (κ1) is 20.4. The number of carbonyl (C=O) groups is 1. The number of hydrogen-bond acceptors (Lipinski definition) is 4. The van der Waals surface area contributed by atoms with Crippen molar-refractivity contribution in [1.29, 1.82) is 0 Å². The van der Waals surface area contributed by atoms with Gasteiger partial charge in [-0.3, -0.25) is 9.59 Å². The van der Waals surface area contributed by atoms with Crippen molar-refractivity contribution in [3.05, 3.63) is 106 Å². The summed E-state index contributed by atoms with van der Waals surface area (Å²) in [4.78, 5) is 26.5. The van der Waals surface area contributed by atoms with E-state index < -0.39 is 0 Å². The highest BCUT2D eigenvalue weighted by Gasteiger charge is 2.18. The molecule has 4 rings (SSSR count). The Bertz CT molecular complexity index is 1270. The van der Waals surface area contributed by atoms with Crippen molar-refractivity contribution in [1.82, 2.24) is 4.57 Å². The molecule has 0 fully saturated rings. The highest BCUT2D eigenvalue weighted by Crippen LogP contribution is 2.22. The Labute approximate surface area is 180 Å². The molecular formula is C26H23NO4. The summed E-state index contributed by atoms with van der Waals surface area (Å²) >= 11 is 0.